The summed E-state index contributed by atoms with van der Waals surface area (Å²) < 4.78 is 0. The first-order chi connectivity index (χ1) is 17.1. The Bertz CT molecular complexity index is 1170. The number of pyridine rings is 1. The maximum Gasteiger partial charge on any atom is 0.223 e. The van der Waals surface area contributed by atoms with Gasteiger partial charge < -0.3 is 15.3 Å². The van der Waals surface area contributed by atoms with E-state index < -0.39 is 0 Å². The van der Waals surface area contributed by atoms with Crippen LogP contribution in [0.1, 0.15) is 57.4 Å². The Morgan fingerprint density at radius 1 is 1.09 bits per heavy atom. The number of ketones is 1. The van der Waals surface area contributed by atoms with E-state index in [2.05, 4.69) is 32.1 Å². The maximum atomic E-state index is 13.0. The van der Waals surface area contributed by atoms with Crippen LogP contribution in [0.25, 0.3) is 10.9 Å². The van der Waals surface area contributed by atoms with Crippen LogP contribution in [0.3, 0.4) is 0 Å². The van der Waals surface area contributed by atoms with Gasteiger partial charge in [-0.25, -0.2) is 15.0 Å². The monoisotopic (exact) mass is 473 g/mol. The highest BCUT2D eigenvalue weighted by Crippen LogP contribution is 2.34. The van der Waals surface area contributed by atoms with Gasteiger partial charge in [0, 0.05) is 49.9 Å². The van der Waals surface area contributed by atoms with Gasteiger partial charge in [-0.3, -0.25) is 4.79 Å². The molecule has 2 aliphatic rings. The summed E-state index contributed by atoms with van der Waals surface area (Å²) in [7, 11) is 0. The maximum absolute atomic E-state index is 13.0. The Labute approximate surface area is 207 Å². The molecular weight excluding hydrogens is 438 g/mol. The van der Waals surface area contributed by atoms with Crippen molar-refractivity contribution >= 4 is 28.5 Å². The van der Waals surface area contributed by atoms with Gasteiger partial charge in [-0.05, 0) is 43.2 Å². The van der Waals surface area contributed by atoms with Gasteiger partial charge in [0.15, 0.2) is 0 Å². The Balaban J connectivity index is 1.21. The van der Waals surface area contributed by atoms with E-state index in [0.29, 0.717) is 30.1 Å². The molecule has 0 amide bonds. The highest BCUT2D eigenvalue weighted by molar-refractivity contribution is 5.89. The summed E-state index contributed by atoms with van der Waals surface area (Å²) in [5.41, 5.74) is 1.62. The van der Waals surface area contributed by atoms with Crippen LogP contribution in [-0.4, -0.2) is 38.9 Å². The van der Waals surface area contributed by atoms with Crippen LogP contribution in [0.4, 0.5) is 11.8 Å². The lowest BCUT2D eigenvalue weighted by Crippen LogP contribution is -2.37. The minimum Gasteiger partial charge on any atom is -0.508 e. The highest BCUT2D eigenvalue weighted by Gasteiger charge is 2.30. The van der Waals surface area contributed by atoms with E-state index in [1.54, 1.807) is 18.3 Å². The van der Waals surface area contributed by atoms with Crippen molar-refractivity contribution < 1.29 is 9.90 Å². The molecule has 2 fully saturated rings. The zero-order valence-electron chi connectivity index (χ0n) is 20.5. The number of carbonyl (C=O) groups is 1. The molecule has 0 spiro atoms. The predicted molar refractivity (Wildman–Crippen MR) is 138 cm³/mol. The minimum atomic E-state index is 0.178. The third-order valence-electron chi connectivity index (χ3n) is 7.92. The van der Waals surface area contributed by atoms with E-state index in [4.69, 9.17) is 0 Å². The first-order valence-electron chi connectivity index (χ1n) is 13.0. The Morgan fingerprint density at radius 2 is 1.89 bits per heavy atom. The van der Waals surface area contributed by atoms with Crippen LogP contribution in [0.5, 0.6) is 5.75 Å². The van der Waals surface area contributed by atoms with Crippen molar-refractivity contribution in [1.29, 1.82) is 0 Å². The zero-order chi connectivity index (χ0) is 24.2. The first-order valence-corrected chi connectivity index (χ1v) is 13.0. The Morgan fingerprint density at radius 3 is 2.69 bits per heavy atom. The number of aromatic hydroxyl groups is 1. The van der Waals surface area contributed by atoms with Gasteiger partial charge in [0.25, 0.3) is 0 Å². The topological polar surface area (TPSA) is 91.2 Å². The largest absolute Gasteiger partial charge is 0.508 e. The van der Waals surface area contributed by atoms with E-state index in [0.717, 1.165) is 54.6 Å². The van der Waals surface area contributed by atoms with Crippen LogP contribution in [0, 0.1) is 17.8 Å². The van der Waals surface area contributed by atoms with Gasteiger partial charge in [0.05, 0.1) is 10.9 Å². The van der Waals surface area contributed by atoms with Gasteiger partial charge in [0.2, 0.25) is 5.95 Å². The van der Waals surface area contributed by atoms with Crippen LogP contribution in [-0.2, 0) is 11.3 Å². The molecule has 2 N–H and O–H groups in total. The molecule has 1 unspecified atom stereocenters. The second-order valence-corrected chi connectivity index (χ2v) is 10.2. The number of piperidine rings is 1. The number of nitrogens with zero attached hydrogens (tertiary/aromatic N) is 4. The van der Waals surface area contributed by atoms with E-state index in [1.807, 2.05) is 24.4 Å². The number of carbonyl (C=O) groups excluding carboxylic acids is 1. The molecule has 1 aliphatic heterocycles. The number of Topliss-reactive ketones (excluding diaryl/α,β-unsaturated/α-hetero) is 1. The molecule has 0 radical (unpaired) electrons. The lowest BCUT2D eigenvalue weighted by molar-refractivity contribution is -0.125. The number of hydrogen-bond acceptors (Lipinski definition) is 7. The van der Waals surface area contributed by atoms with Crippen molar-refractivity contribution in [3.63, 3.8) is 0 Å². The highest BCUT2D eigenvalue weighted by atomic mass is 16.3. The lowest BCUT2D eigenvalue weighted by atomic mass is 9.75. The van der Waals surface area contributed by atoms with Crippen LogP contribution in [0.15, 0.2) is 42.7 Å². The standard InChI is InChI=1S/C28H35N5O2/c1-19-6-2-3-7-21(19)16-26(35)20-11-14-33(15-12-20)27-23-18-31-28(32-24(23)10-13-29-27)30-17-22-8-4-5-9-25(22)34/h4-5,8-10,13,18-21,34H,2-3,6-7,11-12,14-17H2,1H3,(H,30,31,32)/t19-,21?/m1/s1. The Hall–Kier alpha value is -3.22. The number of rotatable bonds is 7. The molecule has 1 aliphatic carbocycles. The molecule has 1 aromatic carbocycles. The summed E-state index contributed by atoms with van der Waals surface area (Å²) >= 11 is 0. The van der Waals surface area contributed by atoms with Gasteiger partial charge in [-0.15, -0.1) is 0 Å². The second kappa shape index (κ2) is 10.6. The fraction of sp³-hybridized carbons (Fsp3) is 0.500. The fourth-order valence-electron chi connectivity index (χ4n) is 5.65. The summed E-state index contributed by atoms with van der Waals surface area (Å²) in [6, 6.07) is 9.13. The number of phenols is 1. The average Bonchev–Trinajstić information content (AvgIpc) is 2.89. The molecule has 1 saturated carbocycles. The number of hydrogen-bond donors (Lipinski definition) is 2. The number of fused-ring (bicyclic) bond motifs is 1. The molecule has 2 aromatic heterocycles. The number of nitrogens with one attached hydrogen (secondary N) is 1. The number of aromatic nitrogens is 3. The summed E-state index contributed by atoms with van der Waals surface area (Å²) in [5, 5.41) is 14.1. The summed E-state index contributed by atoms with van der Waals surface area (Å²) in [6.07, 6.45) is 11.2. The minimum absolute atomic E-state index is 0.178. The number of para-hydroxylation sites is 1. The van der Waals surface area contributed by atoms with Crippen molar-refractivity contribution in [3.8, 4) is 5.75 Å². The van der Waals surface area contributed by atoms with Gasteiger partial charge >= 0.3 is 0 Å². The van der Waals surface area contributed by atoms with E-state index >= 15 is 0 Å². The number of phenolic OH excluding ortho intramolecular Hbond substituents is 1. The third-order valence-corrected chi connectivity index (χ3v) is 7.92. The van der Waals surface area contributed by atoms with Crippen molar-refractivity contribution in [2.75, 3.05) is 23.3 Å². The molecule has 184 valence electrons. The Kier molecular flexibility index (Phi) is 7.11. The molecular formula is C28H35N5O2. The van der Waals surface area contributed by atoms with E-state index in [-0.39, 0.29) is 11.7 Å². The van der Waals surface area contributed by atoms with Gasteiger partial charge in [0.1, 0.15) is 17.4 Å². The average molecular weight is 474 g/mol. The molecule has 1 saturated heterocycles. The predicted octanol–water partition coefficient (Wildman–Crippen LogP) is 5.34. The van der Waals surface area contributed by atoms with Gasteiger partial charge in [-0.1, -0.05) is 44.4 Å². The normalized spacial score (nSPS) is 21.2. The molecule has 3 aromatic rings. The molecule has 7 nitrogen and oxygen atoms in total. The smallest absolute Gasteiger partial charge is 0.223 e. The molecule has 35 heavy (non-hydrogen) atoms. The summed E-state index contributed by atoms with van der Waals surface area (Å²) in [4.78, 5) is 29.1. The van der Waals surface area contributed by atoms with Crippen LogP contribution >= 0.6 is 0 Å². The quantitative estimate of drug-likeness (QED) is 0.478. The van der Waals surface area contributed by atoms with E-state index in [1.165, 1.54) is 25.7 Å². The van der Waals surface area contributed by atoms with Crippen LogP contribution < -0.4 is 10.2 Å². The molecule has 0 bridgehead atoms. The SMILES string of the molecule is C[C@@H]1CCCCC1CC(=O)C1CCN(c2nccc3nc(NCc4ccccc4O)ncc23)CC1. The van der Waals surface area contributed by atoms with Crippen molar-refractivity contribution in [2.45, 2.75) is 58.4 Å². The molecule has 7 heteroatoms. The molecule has 5 rings (SSSR count). The summed E-state index contributed by atoms with van der Waals surface area (Å²) in [6.45, 7) is 4.42. The summed E-state index contributed by atoms with van der Waals surface area (Å²) in [5.74, 6) is 3.57. The fourth-order valence-corrected chi connectivity index (χ4v) is 5.65. The number of benzene rings is 1. The second-order valence-electron chi connectivity index (χ2n) is 10.2. The number of anilines is 2. The van der Waals surface area contributed by atoms with E-state index in [9.17, 15) is 9.90 Å². The van der Waals surface area contributed by atoms with Gasteiger partial charge in [-0.2, -0.15) is 0 Å². The first kappa shape index (κ1) is 23.5. The van der Waals surface area contributed by atoms with Crippen molar-refractivity contribution in [1.82, 2.24) is 15.0 Å². The van der Waals surface area contributed by atoms with Crippen molar-refractivity contribution in [3.05, 3.63) is 48.3 Å². The van der Waals surface area contributed by atoms with Crippen molar-refractivity contribution in [2.24, 2.45) is 17.8 Å². The lowest BCUT2D eigenvalue weighted by Gasteiger charge is -2.34. The molecule has 3 heterocycles. The molecule has 2 atom stereocenters. The third kappa shape index (κ3) is 5.39. The zero-order valence-corrected chi connectivity index (χ0v) is 20.5. The van der Waals surface area contributed by atoms with Crippen LogP contribution in [0.2, 0.25) is 0 Å².